The quantitative estimate of drug-likeness (QED) is 0.810. The molecule has 0 bridgehead atoms. The molecule has 1 aromatic rings. The number of aromatic nitrogens is 1. The second kappa shape index (κ2) is 5.94. The van der Waals surface area contributed by atoms with Gasteiger partial charge in [0.2, 0.25) is 0 Å². The van der Waals surface area contributed by atoms with Gasteiger partial charge in [0.1, 0.15) is 0 Å². The molecule has 1 heterocycles. The highest BCUT2D eigenvalue weighted by atomic mass is 32.1. The van der Waals surface area contributed by atoms with E-state index in [0.29, 0.717) is 6.04 Å². The van der Waals surface area contributed by atoms with Crippen LogP contribution in [0.5, 0.6) is 0 Å². The predicted octanol–water partition coefficient (Wildman–Crippen LogP) is 2.26. The molecule has 0 aromatic carbocycles. The van der Waals surface area contributed by atoms with E-state index < -0.39 is 0 Å². The molecule has 4 heteroatoms. The van der Waals surface area contributed by atoms with E-state index in [1.165, 1.54) is 30.0 Å². The molecule has 1 aliphatic carbocycles. The Bertz CT molecular complexity index is 346. The molecule has 1 saturated carbocycles. The Balaban J connectivity index is 1.89. The lowest BCUT2D eigenvalue weighted by Gasteiger charge is -2.26. The van der Waals surface area contributed by atoms with Gasteiger partial charge in [0.25, 0.3) is 0 Å². The van der Waals surface area contributed by atoms with Crippen molar-refractivity contribution in [3.8, 4) is 0 Å². The molecular formula is C13H23N3S. The number of aryl methyl sites for hydroxylation is 1. The van der Waals surface area contributed by atoms with Crippen molar-refractivity contribution < 1.29 is 0 Å². The molecule has 1 aliphatic rings. The van der Waals surface area contributed by atoms with Crippen LogP contribution in [0.2, 0.25) is 0 Å². The number of nitrogens with zero attached hydrogens (tertiary/aromatic N) is 2. The van der Waals surface area contributed by atoms with E-state index in [-0.39, 0.29) is 0 Å². The lowest BCUT2D eigenvalue weighted by atomic mass is 10.1. The van der Waals surface area contributed by atoms with Crippen LogP contribution in [0, 0.1) is 5.92 Å². The number of likely N-dealkylation sites (N-methyl/N-ethyl adjacent to an activating group) is 1. The highest BCUT2D eigenvalue weighted by molar-refractivity contribution is 7.09. The van der Waals surface area contributed by atoms with Gasteiger partial charge >= 0.3 is 0 Å². The zero-order valence-electron chi connectivity index (χ0n) is 10.9. The van der Waals surface area contributed by atoms with E-state index in [2.05, 4.69) is 29.2 Å². The summed E-state index contributed by atoms with van der Waals surface area (Å²) in [7, 11) is 2.18. The van der Waals surface area contributed by atoms with Crippen molar-refractivity contribution in [2.75, 3.05) is 13.6 Å². The Kier molecular flexibility index (Phi) is 4.54. The van der Waals surface area contributed by atoms with Crippen molar-refractivity contribution in [1.29, 1.82) is 0 Å². The van der Waals surface area contributed by atoms with Gasteiger partial charge in [0, 0.05) is 24.5 Å². The zero-order valence-corrected chi connectivity index (χ0v) is 11.7. The molecule has 0 radical (unpaired) electrons. The molecule has 0 saturated heterocycles. The van der Waals surface area contributed by atoms with Gasteiger partial charge < -0.3 is 5.73 Å². The third-order valence-corrected chi connectivity index (χ3v) is 4.41. The average Bonchev–Trinajstić information content (AvgIpc) is 3.03. The van der Waals surface area contributed by atoms with Crippen LogP contribution in [-0.4, -0.2) is 29.5 Å². The van der Waals surface area contributed by atoms with E-state index in [4.69, 9.17) is 5.73 Å². The summed E-state index contributed by atoms with van der Waals surface area (Å²) in [6, 6.07) is 0.548. The lowest BCUT2D eigenvalue weighted by molar-refractivity contribution is 0.213. The summed E-state index contributed by atoms with van der Waals surface area (Å²) < 4.78 is 0. The van der Waals surface area contributed by atoms with Gasteiger partial charge in [-0.05, 0) is 38.6 Å². The van der Waals surface area contributed by atoms with Gasteiger partial charge in [-0.15, -0.1) is 11.3 Å². The first-order chi connectivity index (χ1) is 8.24. The average molecular weight is 253 g/mol. The first kappa shape index (κ1) is 13.0. The van der Waals surface area contributed by atoms with Crippen molar-refractivity contribution >= 4 is 11.3 Å². The predicted molar refractivity (Wildman–Crippen MR) is 73.1 cm³/mol. The Morgan fingerprint density at radius 3 is 2.94 bits per heavy atom. The standard InChI is InChI=1S/C13H23N3S/c1-3-4-13-15-11(9-17-13)8-16(2)12(7-14)10-5-6-10/h9-10,12H,3-8,14H2,1-2H3. The SMILES string of the molecule is CCCc1nc(CN(C)C(CN)C2CC2)cs1. The second-order valence-electron chi connectivity index (χ2n) is 5.04. The normalized spacial score (nSPS) is 17.6. The van der Waals surface area contributed by atoms with Crippen LogP contribution in [0.4, 0.5) is 0 Å². The molecule has 3 nitrogen and oxygen atoms in total. The Morgan fingerprint density at radius 1 is 1.59 bits per heavy atom. The van der Waals surface area contributed by atoms with Gasteiger partial charge in [-0.25, -0.2) is 4.98 Å². The maximum absolute atomic E-state index is 5.86. The maximum Gasteiger partial charge on any atom is 0.0928 e. The zero-order chi connectivity index (χ0) is 12.3. The van der Waals surface area contributed by atoms with E-state index in [0.717, 1.165) is 25.4 Å². The largest absolute Gasteiger partial charge is 0.329 e. The summed E-state index contributed by atoms with van der Waals surface area (Å²) in [5, 5.41) is 3.47. The number of hydrogen-bond donors (Lipinski definition) is 1. The van der Waals surface area contributed by atoms with Crippen LogP contribution in [0.15, 0.2) is 5.38 Å². The molecule has 17 heavy (non-hydrogen) atoms. The molecule has 96 valence electrons. The Labute approximate surface area is 108 Å². The minimum Gasteiger partial charge on any atom is -0.329 e. The first-order valence-corrected chi connectivity index (χ1v) is 7.46. The fraction of sp³-hybridized carbons (Fsp3) is 0.769. The van der Waals surface area contributed by atoms with E-state index in [1.54, 1.807) is 11.3 Å². The molecule has 1 atom stereocenters. The summed E-state index contributed by atoms with van der Waals surface area (Å²) in [6.07, 6.45) is 4.99. The third kappa shape index (κ3) is 3.50. The van der Waals surface area contributed by atoms with Crippen molar-refractivity contribution in [3.05, 3.63) is 16.1 Å². The van der Waals surface area contributed by atoms with Gasteiger partial charge in [0.15, 0.2) is 0 Å². The van der Waals surface area contributed by atoms with Crippen LogP contribution in [0.25, 0.3) is 0 Å². The number of rotatable bonds is 7. The van der Waals surface area contributed by atoms with Crippen molar-refractivity contribution in [1.82, 2.24) is 9.88 Å². The number of nitrogens with two attached hydrogens (primary N) is 1. The molecule has 1 unspecified atom stereocenters. The van der Waals surface area contributed by atoms with Gasteiger partial charge in [-0.1, -0.05) is 6.92 Å². The van der Waals surface area contributed by atoms with Gasteiger partial charge in [-0.2, -0.15) is 0 Å². The topological polar surface area (TPSA) is 42.2 Å². The lowest BCUT2D eigenvalue weighted by Crippen LogP contribution is -2.39. The van der Waals surface area contributed by atoms with E-state index in [9.17, 15) is 0 Å². The Morgan fingerprint density at radius 2 is 2.35 bits per heavy atom. The summed E-state index contributed by atoms with van der Waals surface area (Å²) in [5.74, 6) is 0.832. The monoisotopic (exact) mass is 253 g/mol. The molecule has 0 spiro atoms. The maximum atomic E-state index is 5.86. The van der Waals surface area contributed by atoms with E-state index >= 15 is 0 Å². The molecule has 0 amide bonds. The molecule has 1 fully saturated rings. The third-order valence-electron chi connectivity index (χ3n) is 3.45. The molecule has 2 rings (SSSR count). The van der Waals surface area contributed by atoms with Crippen molar-refractivity contribution in [2.45, 2.75) is 45.2 Å². The molecule has 2 N–H and O–H groups in total. The minimum atomic E-state index is 0.548. The highest BCUT2D eigenvalue weighted by Gasteiger charge is 2.32. The fourth-order valence-electron chi connectivity index (χ4n) is 2.34. The Hall–Kier alpha value is -0.450. The summed E-state index contributed by atoms with van der Waals surface area (Å²) in [5.41, 5.74) is 7.07. The van der Waals surface area contributed by atoms with Gasteiger partial charge in [-0.3, -0.25) is 4.90 Å². The van der Waals surface area contributed by atoms with Crippen LogP contribution in [-0.2, 0) is 13.0 Å². The summed E-state index contributed by atoms with van der Waals surface area (Å²) in [6.45, 7) is 3.91. The van der Waals surface area contributed by atoms with E-state index in [1.807, 2.05) is 0 Å². The second-order valence-corrected chi connectivity index (χ2v) is 5.98. The summed E-state index contributed by atoms with van der Waals surface area (Å²) >= 11 is 1.79. The van der Waals surface area contributed by atoms with Crippen LogP contribution < -0.4 is 5.73 Å². The van der Waals surface area contributed by atoms with Crippen LogP contribution in [0.1, 0.15) is 36.9 Å². The first-order valence-electron chi connectivity index (χ1n) is 6.58. The smallest absolute Gasteiger partial charge is 0.0928 e. The summed E-state index contributed by atoms with van der Waals surface area (Å²) in [4.78, 5) is 7.05. The van der Waals surface area contributed by atoms with Crippen molar-refractivity contribution in [2.24, 2.45) is 11.7 Å². The highest BCUT2D eigenvalue weighted by Crippen LogP contribution is 2.34. The molecular weight excluding hydrogens is 230 g/mol. The van der Waals surface area contributed by atoms with Crippen molar-refractivity contribution in [3.63, 3.8) is 0 Å². The van der Waals surface area contributed by atoms with Gasteiger partial charge in [0.05, 0.1) is 10.7 Å². The van der Waals surface area contributed by atoms with Crippen LogP contribution in [0.3, 0.4) is 0 Å². The molecule has 1 aromatic heterocycles. The number of hydrogen-bond acceptors (Lipinski definition) is 4. The fourth-order valence-corrected chi connectivity index (χ4v) is 3.23. The number of thiazole rings is 1. The molecule has 0 aliphatic heterocycles. The minimum absolute atomic E-state index is 0.548. The van der Waals surface area contributed by atoms with Crippen LogP contribution >= 0.6 is 11.3 Å².